The molecule has 0 radical (unpaired) electrons. The monoisotopic (exact) mass is 293 g/mol. The number of hydrazone groups is 1. The molecule has 1 aromatic rings. The minimum Gasteiger partial charge on any atom is -0.343 e. The second kappa shape index (κ2) is 6.10. The number of hydrogen-bond acceptors (Lipinski definition) is 3. The fourth-order valence-corrected chi connectivity index (χ4v) is 1.70. The molecule has 92 valence electrons. The van der Waals surface area contributed by atoms with Gasteiger partial charge in [0.05, 0.1) is 5.69 Å². The number of hydrogen-bond donors (Lipinski definition) is 1. The third-order valence-electron chi connectivity index (χ3n) is 1.73. The van der Waals surface area contributed by atoms with Crippen LogP contribution in [0.1, 0.15) is 0 Å². The third kappa shape index (κ3) is 4.42. The molecule has 0 aliphatic rings. The molecule has 0 atom stereocenters. The summed E-state index contributed by atoms with van der Waals surface area (Å²) in [5, 5.41) is 4.47. The number of anilines is 1. The first-order chi connectivity index (χ1) is 7.90. The molecule has 1 rings (SSSR count). The zero-order valence-electron chi connectivity index (χ0n) is 9.17. The van der Waals surface area contributed by atoms with E-state index in [1.165, 1.54) is 4.90 Å². The maximum atomic E-state index is 11.4. The zero-order valence-corrected chi connectivity index (χ0v) is 11.4. The van der Waals surface area contributed by atoms with E-state index in [2.05, 4.69) is 10.5 Å². The molecule has 1 N–H and O–H groups in total. The summed E-state index contributed by atoms with van der Waals surface area (Å²) < 4.78 is 0. The summed E-state index contributed by atoms with van der Waals surface area (Å²) in [7, 11) is 3.16. The molecule has 0 bridgehead atoms. The zero-order chi connectivity index (χ0) is 13.0. The van der Waals surface area contributed by atoms with Gasteiger partial charge in [0.25, 0.3) is 5.91 Å². The second-order valence-corrected chi connectivity index (χ2v) is 4.60. The van der Waals surface area contributed by atoms with E-state index in [9.17, 15) is 4.79 Å². The number of nitrogens with zero attached hydrogens (tertiary/aromatic N) is 2. The van der Waals surface area contributed by atoms with Gasteiger partial charge >= 0.3 is 0 Å². The maximum absolute atomic E-state index is 11.4. The third-order valence-corrected chi connectivity index (χ3v) is 2.41. The summed E-state index contributed by atoms with van der Waals surface area (Å²) >= 11 is 17.3. The Kier molecular flexibility index (Phi) is 5.05. The normalized spacial score (nSPS) is 11.2. The number of benzene rings is 1. The van der Waals surface area contributed by atoms with Gasteiger partial charge in [-0.1, -0.05) is 34.8 Å². The average molecular weight is 295 g/mol. The van der Waals surface area contributed by atoms with Crippen LogP contribution in [0.3, 0.4) is 0 Å². The molecular formula is C10H10Cl3N3O. The molecule has 0 heterocycles. The van der Waals surface area contributed by atoms with Crippen LogP contribution < -0.4 is 5.43 Å². The van der Waals surface area contributed by atoms with Crippen LogP contribution in [0.15, 0.2) is 23.3 Å². The number of amides is 1. The SMILES string of the molecule is CN(C)C(=O)/C(Cl)=N/Nc1cc(Cl)cc(Cl)c1. The van der Waals surface area contributed by atoms with Crippen molar-refractivity contribution in [2.45, 2.75) is 0 Å². The van der Waals surface area contributed by atoms with Crippen LogP contribution in [0.4, 0.5) is 5.69 Å². The molecule has 0 saturated carbocycles. The van der Waals surface area contributed by atoms with Gasteiger partial charge in [0.2, 0.25) is 5.17 Å². The van der Waals surface area contributed by atoms with Crippen LogP contribution in [0.2, 0.25) is 10.0 Å². The van der Waals surface area contributed by atoms with E-state index in [0.29, 0.717) is 15.7 Å². The molecule has 1 amide bonds. The Morgan fingerprint density at radius 3 is 2.24 bits per heavy atom. The summed E-state index contributed by atoms with van der Waals surface area (Å²) in [6, 6.07) is 4.81. The Morgan fingerprint density at radius 1 is 1.24 bits per heavy atom. The molecule has 7 heteroatoms. The molecule has 0 saturated heterocycles. The minimum atomic E-state index is -0.396. The molecule has 0 spiro atoms. The molecule has 0 unspecified atom stereocenters. The van der Waals surface area contributed by atoms with E-state index in [1.54, 1.807) is 32.3 Å². The summed E-state index contributed by atoms with van der Waals surface area (Å²) in [4.78, 5) is 12.7. The maximum Gasteiger partial charge on any atom is 0.285 e. The van der Waals surface area contributed by atoms with Crippen molar-refractivity contribution in [3.8, 4) is 0 Å². The molecule has 0 aromatic heterocycles. The Balaban J connectivity index is 2.79. The lowest BCUT2D eigenvalue weighted by Gasteiger charge is -2.08. The average Bonchev–Trinajstić information content (AvgIpc) is 2.23. The van der Waals surface area contributed by atoms with Crippen molar-refractivity contribution < 1.29 is 4.79 Å². The van der Waals surface area contributed by atoms with Crippen molar-refractivity contribution in [3.05, 3.63) is 28.2 Å². The highest BCUT2D eigenvalue weighted by Crippen LogP contribution is 2.22. The van der Waals surface area contributed by atoms with Crippen LogP contribution in [-0.4, -0.2) is 30.1 Å². The largest absolute Gasteiger partial charge is 0.343 e. The van der Waals surface area contributed by atoms with Crippen LogP contribution in [-0.2, 0) is 4.79 Å². The topological polar surface area (TPSA) is 44.7 Å². The number of carbonyl (C=O) groups is 1. The van der Waals surface area contributed by atoms with Gasteiger partial charge < -0.3 is 4.90 Å². The molecule has 4 nitrogen and oxygen atoms in total. The van der Waals surface area contributed by atoms with Crippen LogP contribution in [0, 0.1) is 0 Å². The lowest BCUT2D eigenvalue weighted by Crippen LogP contribution is -2.27. The van der Waals surface area contributed by atoms with Crippen molar-refractivity contribution in [3.63, 3.8) is 0 Å². The van der Waals surface area contributed by atoms with Crippen molar-refractivity contribution in [2.75, 3.05) is 19.5 Å². The van der Waals surface area contributed by atoms with Gasteiger partial charge in [0.15, 0.2) is 0 Å². The smallest absolute Gasteiger partial charge is 0.285 e. The van der Waals surface area contributed by atoms with Crippen molar-refractivity contribution in [1.82, 2.24) is 4.90 Å². The first-order valence-electron chi connectivity index (χ1n) is 4.57. The minimum absolute atomic E-state index is 0.175. The highest BCUT2D eigenvalue weighted by atomic mass is 35.5. The fourth-order valence-electron chi connectivity index (χ4n) is 0.964. The van der Waals surface area contributed by atoms with Crippen molar-refractivity contribution in [1.29, 1.82) is 0 Å². The first kappa shape index (κ1) is 14.1. The molecule has 0 aliphatic heterocycles. The number of nitrogens with one attached hydrogen (secondary N) is 1. The molecule has 0 aliphatic carbocycles. The van der Waals surface area contributed by atoms with Gasteiger partial charge in [-0.25, -0.2) is 0 Å². The van der Waals surface area contributed by atoms with E-state index < -0.39 is 5.91 Å². The van der Waals surface area contributed by atoms with Crippen LogP contribution in [0.25, 0.3) is 0 Å². The van der Waals surface area contributed by atoms with Crippen LogP contribution >= 0.6 is 34.8 Å². The van der Waals surface area contributed by atoms with E-state index in [1.807, 2.05) is 0 Å². The number of carbonyl (C=O) groups excluding carboxylic acids is 1. The Labute approximate surface area is 114 Å². The predicted molar refractivity (Wildman–Crippen MR) is 72.1 cm³/mol. The van der Waals surface area contributed by atoms with E-state index in [-0.39, 0.29) is 5.17 Å². The van der Waals surface area contributed by atoms with Gasteiger partial charge in [-0.15, -0.1) is 0 Å². The predicted octanol–water partition coefficient (Wildman–Crippen LogP) is 3.05. The summed E-state index contributed by atoms with van der Waals surface area (Å²) in [5.41, 5.74) is 3.15. The Hall–Kier alpha value is -0.970. The molecule has 0 fully saturated rings. The number of halogens is 3. The highest BCUT2D eigenvalue weighted by Gasteiger charge is 2.10. The van der Waals surface area contributed by atoms with E-state index in [0.717, 1.165) is 0 Å². The second-order valence-electron chi connectivity index (χ2n) is 3.37. The van der Waals surface area contributed by atoms with Gasteiger partial charge in [-0.05, 0) is 18.2 Å². The lowest BCUT2D eigenvalue weighted by atomic mass is 10.3. The Morgan fingerprint density at radius 2 is 1.76 bits per heavy atom. The van der Waals surface area contributed by atoms with E-state index in [4.69, 9.17) is 34.8 Å². The summed E-state index contributed by atoms with van der Waals surface area (Å²) in [6.07, 6.45) is 0. The van der Waals surface area contributed by atoms with Crippen LogP contribution in [0.5, 0.6) is 0 Å². The molecule has 1 aromatic carbocycles. The summed E-state index contributed by atoms with van der Waals surface area (Å²) in [5.74, 6) is -0.396. The fraction of sp³-hybridized carbons (Fsp3) is 0.200. The van der Waals surface area contributed by atoms with Crippen molar-refractivity contribution >= 4 is 51.6 Å². The molecule has 17 heavy (non-hydrogen) atoms. The quantitative estimate of drug-likeness (QED) is 0.688. The van der Waals surface area contributed by atoms with E-state index >= 15 is 0 Å². The van der Waals surface area contributed by atoms with Gasteiger partial charge in [-0.3, -0.25) is 10.2 Å². The first-order valence-corrected chi connectivity index (χ1v) is 5.70. The standard InChI is InChI=1S/C10H10Cl3N3O/c1-16(2)10(17)9(13)15-14-8-4-6(11)3-7(12)5-8/h3-5,14H,1-2H3/b15-9-. The molecular weight excluding hydrogens is 284 g/mol. The van der Waals surface area contributed by atoms with Gasteiger partial charge in [0.1, 0.15) is 0 Å². The van der Waals surface area contributed by atoms with Gasteiger partial charge in [0, 0.05) is 24.1 Å². The number of rotatable bonds is 3. The van der Waals surface area contributed by atoms with Gasteiger partial charge in [-0.2, -0.15) is 5.10 Å². The highest BCUT2D eigenvalue weighted by molar-refractivity contribution is 6.82. The lowest BCUT2D eigenvalue weighted by molar-refractivity contribution is -0.121. The van der Waals surface area contributed by atoms with Crippen molar-refractivity contribution in [2.24, 2.45) is 5.10 Å². The Bertz CT molecular complexity index is 440. The summed E-state index contributed by atoms with van der Waals surface area (Å²) in [6.45, 7) is 0.